The highest BCUT2D eigenvalue weighted by atomic mass is 16.5. The highest BCUT2D eigenvalue weighted by Crippen LogP contribution is 2.46. The van der Waals surface area contributed by atoms with Gasteiger partial charge in [0, 0.05) is 21.5 Å². The van der Waals surface area contributed by atoms with Gasteiger partial charge in [-0.2, -0.15) is 0 Å². The minimum absolute atomic E-state index is 0.818. The molecule has 0 aliphatic carbocycles. The molecule has 0 fully saturated rings. The number of ether oxygens (including phenoxy) is 2. The number of hydrogen-bond acceptors (Lipinski definition) is 2. The Morgan fingerprint density at radius 2 is 0.895 bits per heavy atom. The molecule has 2 heteroatoms. The SMILES string of the molecule is CCc1ccc2c(Oc3ccc4ccccc4c3)c3ccccc3c(Oc3ccc4ccccc4c3)c2c1. The van der Waals surface area contributed by atoms with E-state index in [2.05, 4.69) is 122 Å². The molecule has 0 unspecified atom stereocenters. The van der Waals surface area contributed by atoms with Crippen molar-refractivity contribution in [2.24, 2.45) is 0 Å². The molecular weight excluding hydrogens is 464 g/mol. The lowest BCUT2D eigenvalue weighted by atomic mass is 9.98. The molecule has 0 radical (unpaired) electrons. The van der Waals surface area contributed by atoms with E-state index in [4.69, 9.17) is 9.47 Å². The highest BCUT2D eigenvalue weighted by Gasteiger charge is 2.18. The topological polar surface area (TPSA) is 18.5 Å². The number of benzene rings is 7. The summed E-state index contributed by atoms with van der Waals surface area (Å²) < 4.78 is 13.4. The van der Waals surface area contributed by atoms with Gasteiger partial charge < -0.3 is 9.47 Å². The van der Waals surface area contributed by atoms with Crippen LogP contribution in [-0.2, 0) is 6.42 Å². The fraction of sp³-hybridized carbons (Fsp3) is 0.0556. The predicted octanol–water partition coefficient (Wildman–Crippen LogP) is 10.4. The first kappa shape index (κ1) is 22.4. The molecular formula is C36H26O2. The number of aryl methyl sites for hydroxylation is 1. The van der Waals surface area contributed by atoms with E-state index in [1.54, 1.807) is 0 Å². The van der Waals surface area contributed by atoms with Gasteiger partial charge in [-0.05, 0) is 63.9 Å². The molecule has 2 nitrogen and oxygen atoms in total. The molecule has 0 saturated heterocycles. The summed E-state index contributed by atoms with van der Waals surface area (Å²) in [6.45, 7) is 2.18. The van der Waals surface area contributed by atoms with Crippen LogP contribution in [0.2, 0.25) is 0 Å². The summed E-state index contributed by atoms with van der Waals surface area (Å²) in [5.74, 6) is 3.34. The van der Waals surface area contributed by atoms with Gasteiger partial charge in [-0.1, -0.05) is 104 Å². The van der Waals surface area contributed by atoms with Crippen LogP contribution < -0.4 is 9.47 Å². The Morgan fingerprint density at radius 1 is 0.421 bits per heavy atom. The lowest BCUT2D eigenvalue weighted by Crippen LogP contribution is -1.94. The fourth-order valence-electron chi connectivity index (χ4n) is 5.28. The molecule has 0 amide bonds. The van der Waals surface area contributed by atoms with Gasteiger partial charge in [-0.15, -0.1) is 0 Å². The minimum Gasteiger partial charge on any atom is -0.456 e. The van der Waals surface area contributed by atoms with Crippen LogP contribution in [0, 0.1) is 0 Å². The molecule has 7 aromatic carbocycles. The van der Waals surface area contributed by atoms with Crippen LogP contribution in [0.1, 0.15) is 12.5 Å². The molecule has 0 aromatic heterocycles. The van der Waals surface area contributed by atoms with E-state index < -0.39 is 0 Å². The Kier molecular flexibility index (Phi) is 5.44. The maximum absolute atomic E-state index is 6.72. The quantitative estimate of drug-likeness (QED) is 0.223. The highest BCUT2D eigenvalue weighted by molar-refractivity contribution is 6.11. The predicted molar refractivity (Wildman–Crippen MR) is 159 cm³/mol. The molecule has 182 valence electrons. The van der Waals surface area contributed by atoms with Gasteiger partial charge in [0.15, 0.2) is 0 Å². The van der Waals surface area contributed by atoms with Crippen LogP contribution in [0.3, 0.4) is 0 Å². The summed E-state index contributed by atoms with van der Waals surface area (Å²) in [7, 11) is 0. The Bertz CT molecular complexity index is 1970. The second-order valence-electron chi connectivity index (χ2n) is 9.66. The van der Waals surface area contributed by atoms with E-state index >= 15 is 0 Å². The van der Waals surface area contributed by atoms with Gasteiger partial charge >= 0.3 is 0 Å². The van der Waals surface area contributed by atoms with E-state index in [-0.39, 0.29) is 0 Å². The van der Waals surface area contributed by atoms with Crippen molar-refractivity contribution in [1.82, 2.24) is 0 Å². The first-order valence-electron chi connectivity index (χ1n) is 13.1. The average Bonchev–Trinajstić information content (AvgIpc) is 2.98. The second-order valence-corrected chi connectivity index (χ2v) is 9.66. The van der Waals surface area contributed by atoms with Crippen molar-refractivity contribution < 1.29 is 9.47 Å². The molecule has 0 spiro atoms. The number of hydrogen-bond donors (Lipinski definition) is 0. The van der Waals surface area contributed by atoms with Crippen LogP contribution in [0.15, 0.2) is 127 Å². The summed E-state index contributed by atoms with van der Waals surface area (Å²) >= 11 is 0. The van der Waals surface area contributed by atoms with Gasteiger partial charge in [0.2, 0.25) is 0 Å². The summed E-state index contributed by atoms with van der Waals surface area (Å²) in [5, 5.41) is 8.83. The molecule has 7 rings (SSSR count). The third-order valence-corrected chi connectivity index (χ3v) is 7.28. The molecule has 38 heavy (non-hydrogen) atoms. The zero-order valence-electron chi connectivity index (χ0n) is 21.1. The first-order chi connectivity index (χ1) is 18.8. The average molecular weight is 491 g/mol. The zero-order valence-corrected chi connectivity index (χ0v) is 21.1. The standard InChI is InChI=1S/C36H26O2/c1-2-24-15-20-33-34(21-24)36(38-30-19-17-26-10-4-6-12-28(26)23-30)32-14-8-7-13-31(32)35(33)37-29-18-16-25-9-3-5-11-27(25)22-29/h3-23H,2H2,1H3. The molecule has 0 bridgehead atoms. The Balaban J connectivity index is 1.44. The molecule has 0 aliphatic rings. The number of rotatable bonds is 5. The maximum atomic E-state index is 6.72. The van der Waals surface area contributed by atoms with Crippen molar-refractivity contribution in [3.63, 3.8) is 0 Å². The van der Waals surface area contributed by atoms with E-state index in [0.717, 1.165) is 61.7 Å². The number of fused-ring (bicyclic) bond motifs is 4. The van der Waals surface area contributed by atoms with E-state index in [9.17, 15) is 0 Å². The van der Waals surface area contributed by atoms with Crippen molar-refractivity contribution >= 4 is 43.1 Å². The van der Waals surface area contributed by atoms with Crippen molar-refractivity contribution in [2.45, 2.75) is 13.3 Å². The Morgan fingerprint density at radius 3 is 1.45 bits per heavy atom. The van der Waals surface area contributed by atoms with Crippen molar-refractivity contribution in [3.8, 4) is 23.0 Å². The van der Waals surface area contributed by atoms with Gasteiger partial charge in [0.05, 0.1) is 0 Å². The van der Waals surface area contributed by atoms with E-state index in [1.165, 1.54) is 16.3 Å². The summed E-state index contributed by atoms with van der Waals surface area (Å²) in [6, 6.07) is 44.2. The first-order valence-corrected chi connectivity index (χ1v) is 13.1. The van der Waals surface area contributed by atoms with Crippen LogP contribution in [0.5, 0.6) is 23.0 Å². The lowest BCUT2D eigenvalue weighted by molar-refractivity contribution is 0.486. The summed E-state index contributed by atoms with van der Waals surface area (Å²) in [4.78, 5) is 0. The van der Waals surface area contributed by atoms with Crippen LogP contribution >= 0.6 is 0 Å². The Hall–Kier alpha value is -4.82. The van der Waals surface area contributed by atoms with Crippen molar-refractivity contribution in [1.29, 1.82) is 0 Å². The maximum Gasteiger partial charge on any atom is 0.143 e. The van der Waals surface area contributed by atoms with Crippen molar-refractivity contribution in [2.75, 3.05) is 0 Å². The van der Waals surface area contributed by atoms with Crippen molar-refractivity contribution in [3.05, 3.63) is 133 Å². The fourth-order valence-corrected chi connectivity index (χ4v) is 5.28. The van der Waals surface area contributed by atoms with Gasteiger partial charge in [-0.3, -0.25) is 0 Å². The van der Waals surface area contributed by atoms with Crippen LogP contribution in [0.4, 0.5) is 0 Å². The van der Waals surface area contributed by atoms with E-state index in [0.29, 0.717) is 0 Å². The summed E-state index contributed by atoms with van der Waals surface area (Å²) in [5.41, 5.74) is 1.26. The molecule has 0 heterocycles. The largest absolute Gasteiger partial charge is 0.456 e. The van der Waals surface area contributed by atoms with Gasteiger partial charge in [0.25, 0.3) is 0 Å². The van der Waals surface area contributed by atoms with Gasteiger partial charge in [0.1, 0.15) is 23.0 Å². The monoisotopic (exact) mass is 490 g/mol. The summed E-state index contributed by atoms with van der Waals surface area (Å²) in [6.07, 6.45) is 0.943. The minimum atomic E-state index is 0.818. The Labute approximate surface area is 221 Å². The lowest BCUT2D eigenvalue weighted by Gasteiger charge is -2.18. The third kappa shape index (κ3) is 3.91. The molecule has 7 aromatic rings. The molecule has 0 saturated carbocycles. The smallest absolute Gasteiger partial charge is 0.143 e. The van der Waals surface area contributed by atoms with Crippen LogP contribution in [0.25, 0.3) is 43.1 Å². The van der Waals surface area contributed by atoms with E-state index in [1.807, 2.05) is 12.1 Å². The molecule has 0 atom stereocenters. The molecule has 0 aliphatic heterocycles. The third-order valence-electron chi connectivity index (χ3n) is 7.28. The molecule has 0 N–H and O–H groups in total. The normalized spacial score (nSPS) is 11.4. The zero-order chi connectivity index (χ0) is 25.5. The van der Waals surface area contributed by atoms with Gasteiger partial charge in [-0.25, -0.2) is 0 Å². The van der Waals surface area contributed by atoms with Crippen LogP contribution in [-0.4, -0.2) is 0 Å². The second kappa shape index (κ2) is 9.24.